The Morgan fingerprint density at radius 2 is 1.81 bits per heavy atom. The molecule has 0 radical (unpaired) electrons. The SMILES string of the molecule is CCCO[C@H](C[C@H](C(C)C)N(CCC)C(=O)[C@@H](CC(=O)[C@H]1CCCCN1)[C@@H](C)CC)c1nc(C(=O)N[C@@H](Cc2ccccc2)C[C@H](C)C2=NN=NC2)cs1. The maximum Gasteiger partial charge on any atom is 0.270 e. The fourth-order valence-electron chi connectivity index (χ4n) is 7.61. The first-order chi connectivity index (χ1) is 26.1. The van der Waals surface area contributed by atoms with Gasteiger partial charge in [-0.3, -0.25) is 14.4 Å². The third-order valence-electron chi connectivity index (χ3n) is 11.0. The number of amides is 2. The number of hydrogen-bond acceptors (Lipinski definition) is 10. The summed E-state index contributed by atoms with van der Waals surface area (Å²) in [7, 11) is 0. The lowest BCUT2D eigenvalue weighted by Gasteiger charge is -2.39. The number of Topliss-reactive ketones (excluding diaryl/α,β-unsaturated/α-hetero) is 1. The highest BCUT2D eigenvalue weighted by Gasteiger charge is 2.38. The zero-order valence-corrected chi connectivity index (χ0v) is 34.6. The number of ether oxygens (including phenoxy) is 1. The molecule has 2 N–H and O–H groups in total. The first-order valence-electron chi connectivity index (χ1n) is 20.5. The van der Waals surface area contributed by atoms with Gasteiger partial charge in [-0.1, -0.05) is 91.6 Å². The molecule has 11 nitrogen and oxygen atoms in total. The maximum absolute atomic E-state index is 14.6. The number of benzene rings is 1. The van der Waals surface area contributed by atoms with E-state index in [2.05, 4.69) is 86.7 Å². The Labute approximate surface area is 327 Å². The van der Waals surface area contributed by atoms with Crippen molar-refractivity contribution < 1.29 is 19.1 Å². The molecule has 0 bridgehead atoms. The van der Waals surface area contributed by atoms with Crippen molar-refractivity contribution in [2.24, 2.45) is 39.1 Å². The van der Waals surface area contributed by atoms with Gasteiger partial charge in [0.05, 0.1) is 11.8 Å². The summed E-state index contributed by atoms with van der Waals surface area (Å²) in [5.74, 6) is -0.0612. The number of thiazole rings is 1. The zero-order valence-electron chi connectivity index (χ0n) is 33.8. The summed E-state index contributed by atoms with van der Waals surface area (Å²) in [6.07, 6.45) is 7.23. The molecule has 2 amide bonds. The van der Waals surface area contributed by atoms with E-state index in [4.69, 9.17) is 9.72 Å². The molecule has 0 spiro atoms. The lowest BCUT2D eigenvalue weighted by molar-refractivity contribution is -0.144. The van der Waals surface area contributed by atoms with Crippen molar-refractivity contribution in [3.05, 3.63) is 52.0 Å². The summed E-state index contributed by atoms with van der Waals surface area (Å²) in [5.41, 5.74) is 2.43. The highest BCUT2D eigenvalue weighted by atomic mass is 32.1. The van der Waals surface area contributed by atoms with Crippen molar-refractivity contribution in [1.29, 1.82) is 0 Å². The van der Waals surface area contributed by atoms with Crippen LogP contribution in [0, 0.1) is 23.7 Å². The molecule has 54 heavy (non-hydrogen) atoms. The first kappa shape index (κ1) is 43.4. The summed E-state index contributed by atoms with van der Waals surface area (Å²) in [4.78, 5) is 48.9. The van der Waals surface area contributed by atoms with Crippen LogP contribution in [0.5, 0.6) is 0 Å². The summed E-state index contributed by atoms with van der Waals surface area (Å²) in [6.45, 7) is 17.3. The number of nitrogens with one attached hydrogen (secondary N) is 2. The van der Waals surface area contributed by atoms with Gasteiger partial charge in [0, 0.05) is 55.3 Å². The van der Waals surface area contributed by atoms with Crippen LogP contribution in [0.15, 0.2) is 51.2 Å². The van der Waals surface area contributed by atoms with E-state index >= 15 is 0 Å². The van der Waals surface area contributed by atoms with Gasteiger partial charge in [-0.05, 0) is 67.7 Å². The van der Waals surface area contributed by atoms with Crippen LogP contribution in [-0.2, 0) is 20.7 Å². The molecule has 1 aromatic carbocycles. The maximum atomic E-state index is 14.6. The molecule has 2 aromatic rings. The van der Waals surface area contributed by atoms with E-state index in [0.29, 0.717) is 44.7 Å². The minimum absolute atomic E-state index is 0.0621. The van der Waals surface area contributed by atoms with E-state index in [-0.39, 0.29) is 71.9 Å². The zero-order chi connectivity index (χ0) is 39.0. The third kappa shape index (κ3) is 12.6. The largest absolute Gasteiger partial charge is 0.371 e. The van der Waals surface area contributed by atoms with Gasteiger partial charge in [0.1, 0.15) is 23.4 Å². The summed E-state index contributed by atoms with van der Waals surface area (Å²) in [6, 6.07) is 9.73. The van der Waals surface area contributed by atoms with Gasteiger partial charge in [-0.15, -0.1) is 16.4 Å². The molecule has 1 fully saturated rings. The van der Waals surface area contributed by atoms with E-state index in [1.54, 1.807) is 0 Å². The molecular formula is C42H65N7O4S. The van der Waals surface area contributed by atoms with Crippen molar-refractivity contribution in [2.45, 2.75) is 137 Å². The molecule has 4 rings (SSSR count). The molecule has 0 unspecified atom stereocenters. The topological polar surface area (TPSA) is 138 Å². The Morgan fingerprint density at radius 1 is 1.04 bits per heavy atom. The average Bonchev–Trinajstić information content (AvgIpc) is 3.90. The Kier molecular flexibility index (Phi) is 17.9. The van der Waals surface area contributed by atoms with Crippen molar-refractivity contribution >= 4 is 34.6 Å². The van der Waals surface area contributed by atoms with Crippen LogP contribution in [0.3, 0.4) is 0 Å². The lowest BCUT2D eigenvalue weighted by Crippen LogP contribution is -2.50. The van der Waals surface area contributed by atoms with Crippen molar-refractivity contribution in [1.82, 2.24) is 20.5 Å². The van der Waals surface area contributed by atoms with Gasteiger partial charge in [0.15, 0.2) is 5.78 Å². The second-order valence-corrected chi connectivity index (χ2v) is 16.5. The van der Waals surface area contributed by atoms with Gasteiger partial charge in [-0.2, -0.15) is 5.11 Å². The summed E-state index contributed by atoms with van der Waals surface area (Å²) < 4.78 is 6.49. The van der Waals surface area contributed by atoms with Crippen LogP contribution in [0.25, 0.3) is 0 Å². The molecule has 298 valence electrons. The lowest BCUT2D eigenvalue weighted by atomic mass is 9.83. The normalized spacial score (nSPS) is 19.1. The Morgan fingerprint density at radius 3 is 2.44 bits per heavy atom. The molecular weight excluding hydrogens is 699 g/mol. The summed E-state index contributed by atoms with van der Waals surface area (Å²) in [5, 5.41) is 21.2. The smallest absolute Gasteiger partial charge is 0.270 e. The van der Waals surface area contributed by atoms with Crippen molar-refractivity contribution in [3.8, 4) is 0 Å². The van der Waals surface area contributed by atoms with E-state index in [1.165, 1.54) is 11.3 Å². The summed E-state index contributed by atoms with van der Waals surface area (Å²) >= 11 is 1.43. The predicted molar refractivity (Wildman–Crippen MR) is 217 cm³/mol. The molecule has 2 aliphatic heterocycles. The van der Waals surface area contributed by atoms with Crippen LogP contribution in [0.2, 0.25) is 0 Å². The van der Waals surface area contributed by atoms with E-state index in [0.717, 1.165) is 61.4 Å². The Balaban J connectivity index is 1.54. The molecule has 7 atom stereocenters. The standard InChI is InChI=1S/C42H65N7O4S/c1-8-20-49(42(52)33(29(6)10-3)24-38(50)34-18-14-15-19-43-34)37(28(4)5)25-39(53-21-9-2)41-46-36(27-54-41)40(51)45-32(23-31-16-12-11-13-17-31)22-30(7)35-26-44-48-47-35/h11-13,16-17,27-30,32-34,37,39,43H,8-10,14-15,18-26H2,1-7H3,(H,45,51)/t29-,30-,32+,33-,34+,37+,39+/m0/s1. The molecule has 0 aliphatic carbocycles. The number of rotatable bonds is 23. The van der Waals surface area contributed by atoms with E-state index in [1.807, 2.05) is 28.5 Å². The monoisotopic (exact) mass is 763 g/mol. The van der Waals surface area contributed by atoms with Crippen LogP contribution in [-0.4, -0.2) is 77.6 Å². The Hall–Kier alpha value is -3.35. The molecule has 1 aromatic heterocycles. The predicted octanol–water partition coefficient (Wildman–Crippen LogP) is 8.22. The molecule has 1 saturated heterocycles. The van der Waals surface area contributed by atoms with Crippen molar-refractivity contribution in [2.75, 3.05) is 26.2 Å². The molecule has 2 aliphatic rings. The molecule has 12 heteroatoms. The van der Waals surface area contributed by atoms with E-state index in [9.17, 15) is 14.4 Å². The minimum Gasteiger partial charge on any atom is -0.371 e. The number of ketones is 1. The number of carbonyl (C=O) groups excluding carboxylic acids is 3. The van der Waals surface area contributed by atoms with E-state index < -0.39 is 0 Å². The number of hydrogen-bond donors (Lipinski definition) is 2. The fourth-order valence-corrected chi connectivity index (χ4v) is 8.47. The Bertz CT molecular complexity index is 1520. The number of aromatic nitrogens is 1. The highest BCUT2D eigenvalue weighted by molar-refractivity contribution is 7.09. The molecule has 3 heterocycles. The second kappa shape index (κ2) is 22.3. The van der Waals surface area contributed by atoms with Gasteiger partial charge in [0.25, 0.3) is 5.91 Å². The van der Waals surface area contributed by atoms with Gasteiger partial charge in [-0.25, -0.2) is 4.98 Å². The average molecular weight is 764 g/mol. The van der Waals surface area contributed by atoms with Crippen LogP contribution in [0.1, 0.15) is 133 Å². The van der Waals surface area contributed by atoms with Gasteiger partial charge in [0.2, 0.25) is 5.91 Å². The fraction of sp³-hybridized carbons (Fsp3) is 0.690. The second-order valence-electron chi connectivity index (χ2n) is 15.7. The van der Waals surface area contributed by atoms with Crippen molar-refractivity contribution in [3.63, 3.8) is 0 Å². The van der Waals surface area contributed by atoms with Crippen LogP contribution >= 0.6 is 11.3 Å². The highest BCUT2D eigenvalue weighted by Crippen LogP contribution is 2.33. The van der Waals surface area contributed by atoms with Crippen LogP contribution < -0.4 is 10.6 Å². The minimum atomic E-state index is -0.390. The van der Waals surface area contributed by atoms with Gasteiger partial charge >= 0.3 is 0 Å². The molecule has 0 saturated carbocycles. The number of carbonyl (C=O) groups is 3. The third-order valence-corrected chi connectivity index (χ3v) is 12.0. The van der Waals surface area contributed by atoms with Crippen LogP contribution in [0.4, 0.5) is 0 Å². The first-order valence-corrected chi connectivity index (χ1v) is 21.4. The quantitative estimate of drug-likeness (QED) is 0.117. The van der Waals surface area contributed by atoms with Gasteiger partial charge < -0.3 is 20.3 Å². The number of piperidine rings is 1. The number of nitrogens with zero attached hydrogens (tertiary/aromatic N) is 5.